The van der Waals surface area contributed by atoms with Gasteiger partial charge in [-0.15, -0.1) is 0 Å². The third-order valence-corrected chi connectivity index (χ3v) is 5.87. The predicted molar refractivity (Wildman–Crippen MR) is 85.7 cm³/mol. The van der Waals surface area contributed by atoms with E-state index < -0.39 is 0 Å². The first-order chi connectivity index (χ1) is 10.5. The first-order valence-electron chi connectivity index (χ1n) is 8.51. The smallest absolute Gasteiger partial charge is 0.325 e. The van der Waals surface area contributed by atoms with Crippen LogP contribution in [0.25, 0.3) is 0 Å². The van der Waals surface area contributed by atoms with Gasteiger partial charge in [0.1, 0.15) is 0 Å². The molecular formula is C17H27N3O2. The summed E-state index contributed by atoms with van der Waals surface area (Å²) in [4.78, 5) is 26.7. The van der Waals surface area contributed by atoms with Gasteiger partial charge in [-0.25, -0.2) is 4.79 Å². The van der Waals surface area contributed by atoms with Gasteiger partial charge in [-0.2, -0.15) is 0 Å². The van der Waals surface area contributed by atoms with E-state index in [4.69, 9.17) is 0 Å². The molecule has 0 spiro atoms. The second-order valence-corrected chi connectivity index (χ2v) is 7.24. The predicted octanol–water partition coefficient (Wildman–Crippen LogP) is 2.12. The van der Waals surface area contributed by atoms with Gasteiger partial charge in [-0.3, -0.25) is 9.36 Å². The lowest BCUT2D eigenvalue weighted by molar-refractivity contribution is -0.122. The van der Waals surface area contributed by atoms with Crippen molar-refractivity contribution in [2.45, 2.75) is 65.5 Å². The highest BCUT2D eigenvalue weighted by molar-refractivity contribution is 5.76. The number of aromatic nitrogens is 2. The Morgan fingerprint density at radius 1 is 1.36 bits per heavy atom. The first kappa shape index (κ1) is 15.4. The minimum atomic E-state index is -0.121. The minimum absolute atomic E-state index is 0.0560. The standard InChI is InChI=1S/C17H27N3O2/c1-10-12(3)20(17(22)19-10)7-6-16(21)18-11(2)15-9-13-4-5-14(15)8-13/h11,13-15H,4-9H2,1-3H3,(H,18,21)(H,19,22). The first-order valence-corrected chi connectivity index (χ1v) is 8.51. The van der Waals surface area contributed by atoms with Crippen LogP contribution in [0.15, 0.2) is 4.79 Å². The second-order valence-electron chi connectivity index (χ2n) is 7.24. The number of nitrogens with zero attached hydrogens (tertiary/aromatic N) is 1. The number of carbonyl (C=O) groups excluding carboxylic acids is 1. The fraction of sp³-hybridized carbons (Fsp3) is 0.765. The van der Waals surface area contributed by atoms with E-state index in [1.807, 2.05) is 13.8 Å². The molecule has 5 nitrogen and oxygen atoms in total. The maximum absolute atomic E-state index is 12.2. The van der Waals surface area contributed by atoms with E-state index in [1.165, 1.54) is 25.7 Å². The summed E-state index contributed by atoms with van der Waals surface area (Å²) >= 11 is 0. The van der Waals surface area contributed by atoms with Crippen molar-refractivity contribution in [3.05, 3.63) is 21.9 Å². The van der Waals surface area contributed by atoms with E-state index in [2.05, 4.69) is 17.2 Å². The van der Waals surface area contributed by atoms with E-state index in [0.29, 0.717) is 18.9 Å². The lowest BCUT2D eigenvalue weighted by atomic mass is 9.84. The van der Waals surface area contributed by atoms with Gasteiger partial charge in [0.15, 0.2) is 0 Å². The Bertz CT molecular complexity index is 616. The molecule has 0 aromatic carbocycles. The van der Waals surface area contributed by atoms with E-state index in [0.717, 1.165) is 23.2 Å². The molecule has 2 bridgehead atoms. The van der Waals surface area contributed by atoms with Crippen molar-refractivity contribution in [3.8, 4) is 0 Å². The van der Waals surface area contributed by atoms with Gasteiger partial charge in [0.2, 0.25) is 5.91 Å². The third kappa shape index (κ3) is 2.85. The molecule has 22 heavy (non-hydrogen) atoms. The number of amides is 1. The zero-order valence-electron chi connectivity index (χ0n) is 13.8. The number of H-pyrrole nitrogens is 1. The number of fused-ring (bicyclic) bond motifs is 2. The molecule has 2 aliphatic rings. The van der Waals surface area contributed by atoms with E-state index in [1.54, 1.807) is 4.57 Å². The number of rotatable bonds is 5. The molecule has 2 aliphatic carbocycles. The number of imidazole rings is 1. The normalized spacial score (nSPS) is 28.0. The highest BCUT2D eigenvalue weighted by Crippen LogP contribution is 2.49. The van der Waals surface area contributed by atoms with Gasteiger partial charge < -0.3 is 10.3 Å². The van der Waals surface area contributed by atoms with Gasteiger partial charge >= 0.3 is 5.69 Å². The maximum atomic E-state index is 12.2. The Balaban J connectivity index is 1.51. The molecule has 4 unspecified atom stereocenters. The molecule has 2 saturated carbocycles. The van der Waals surface area contributed by atoms with Crippen LogP contribution in [-0.2, 0) is 11.3 Å². The van der Waals surface area contributed by atoms with E-state index in [-0.39, 0.29) is 17.6 Å². The molecule has 1 amide bonds. The van der Waals surface area contributed by atoms with Crippen LogP contribution in [0.5, 0.6) is 0 Å². The molecule has 4 atom stereocenters. The highest BCUT2D eigenvalue weighted by atomic mass is 16.2. The summed E-state index contributed by atoms with van der Waals surface area (Å²) in [6.45, 7) is 6.37. The van der Waals surface area contributed by atoms with Crippen LogP contribution in [0.1, 0.15) is 50.4 Å². The summed E-state index contributed by atoms with van der Waals surface area (Å²) < 4.78 is 1.65. The number of aromatic amines is 1. The lowest BCUT2D eigenvalue weighted by Gasteiger charge is -2.28. The number of aryl methyl sites for hydroxylation is 1. The van der Waals surface area contributed by atoms with Crippen molar-refractivity contribution < 1.29 is 4.79 Å². The molecule has 5 heteroatoms. The van der Waals surface area contributed by atoms with Crippen molar-refractivity contribution in [1.82, 2.24) is 14.9 Å². The number of carbonyl (C=O) groups is 1. The molecule has 2 N–H and O–H groups in total. The molecule has 1 aromatic heterocycles. The van der Waals surface area contributed by atoms with Crippen molar-refractivity contribution in [1.29, 1.82) is 0 Å². The Morgan fingerprint density at radius 3 is 2.68 bits per heavy atom. The molecule has 1 heterocycles. The van der Waals surface area contributed by atoms with Crippen molar-refractivity contribution in [2.24, 2.45) is 17.8 Å². The Labute approximate surface area is 131 Å². The average Bonchev–Trinajstić information content (AvgIpc) is 3.14. The largest absolute Gasteiger partial charge is 0.353 e. The molecule has 122 valence electrons. The van der Waals surface area contributed by atoms with Gasteiger partial charge in [-0.1, -0.05) is 6.42 Å². The van der Waals surface area contributed by atoms with Crippen LogP contribution < -0.4 is 11.0 Å². The summed E-state index contributed by atoms with van der Waals surface area (Å²) in [7, 11) is 0. The molecule has 1 aromatic rings. The number of hydrogen-bond acceptors (Lipinski definition) is 2. The van der Waals surface area contributed by atoms with E-state index in [9.17, 15) is 9.59 Å². The van der Waals surface area contributed by atoms with E-state index >= 15 is 0 Å². The van der Waals surface area contributed by atoms with Gasteiger partial charge in [-0.05, 0) is 57.8 Å². The van der Waals surface area contributed by atoms with Gasteiger partial charge in [0.25, 0.3) is 0 Å². The van der Waals surface area contributed by atoms with Crippen LogP contribution in [0, 0.1) is 31.6 Å². The van der Waals surface area contributed by atoms with Crippen molar-refractivity contribution in [2.75, 3.05) is 0 Å². The second kappa shape index (κ2) is 5.94. The maximum Gasteiger partial charge on any atom is 0.325 e. The van der Waals surface area contributed by atoms with Crippen LogP contribution in [0.3, 0.4) is 0 Å². The van der Waals surface area contributed by atoms with Gasteiger partial charge in [0.05, 0.1) is 0 Å². The van der Waals surface area contributed by atoms with Crippen molar-refractivity contribution >= 4 is 5.91 Å². The summed E-state index contributed by atoms with van der Waals surface area (Å²) in [5.41, 5.74) is 1.67. The summed E-state index contributed by atoms with van der Waals surface area (Å²) in [6, 6.07) is 0.258. The van der Waals surface area contributed by atoms with Crippen LogP contribution >= 0.6 is 0 Å². The molecule has 0 aliphatic heterocycles. The Hall–Kier alpha value is -1.52. The molecule has 3 rings (SSSR count). The Morgan fingerprint density at radius 2 is 2.14 bits per heavy atom. The zero-order chi connectivity index (χ0) is 15.9. The summed E-state index contributed by atoms with van der Waals surface area (Å²) in [5, 5.41) is 3.16. The molecular weight excluding hydrogens is 278 g/mol. The monoisotopic (exact) mass is 305 g/mol. The minimum Gasteiger partial charge on any atom is -0.353 e. The average molecular weight is 305 g/mol. The summed E-state index contributed by atoms with van der Waals surface area (Å²) in [6.07, 6.45) is 5.73. The van der Waals surface area contributed by atoms with Crippen LogP contribution in [0.4, 0.5) is 0 Å². The van der Waals surface area contributed by atoms with Gasteiger partial charge in [0, 0.05) is 30.4 Å². The van der Waals surface area contributed by atoms with Crippen LogP contribution in [0.2, 0.25) is 0 Å². The third-order valence-electron chi connectivity index (χ3n) is 5.87. The fourth-order valence-corrected chi connectivity index (χ4v) is 4.50. The molecule has 0 saturated heterocycles. The number of nitrogens with one attached hydrogen (secondary N) is 2. The van der Waals surface area contributed by atoms with Crippen molar-refractivity contribution in [3.63, 3.8) is 0 Å². The SMILES string of the molecule is Cc1[nH]c(=O)n(CCC(=O)NC(C)C2CC3CCC2C3)c1C. The quantitative estimate of drug-likeness (QED) is 0.875. The number of hydrogen-bond donors (Lipinski definition) is 2. The molecule has 2 fully saturated rings. The highest BCUT2D eigenvalue weighted by Gasteiger charge is 2.42. The fourth-order valence-electron chi connectivity index (χ4n) is 4.50. The Kier molecular flexibility index (Phi) is 4.15. The zero-order valence-corrected chi connectivity index (χ0v) is 13.8. The topological polar surface area (TPSA) is 66.9 Å². The van der Waals surface area contributed by atoms with Crippen LogP contribution in [-0.4, -0.2) is 21.5 Å². The molecule has 0 radical (unpaired) electrons. The summed E-state index contributed by atoms with van der Waals surface area (Å²) in [5.74, 6) is 2.43. The lowest BCUT2D eigenvalue weighted by Crippen LogP contribution is -2.40.